The molecule has 7 heteroatoms. The Morgan fingerprint density at radius 2 is 1.76 bits per heavy atom. The van der Waals surface area contributed by atoms with E-state index >= 15 is 0 Å². The normalized spacial score (nSPS) is 19.7. The average molecular weight is 354 g/mol. The highest BCUT2D eigenvalue weighted by Gasteiger charge is 2.40. The number of carbonyl (C=O) groups is 2. The lowest BCUT2D eigenvalue weighted by atomic mass is 10.2. The summed E-state index contributed by atoms with van der Waals surface area (Å²) in [5, 5.41) is 18.7. The molecule has 0 aromatic carbocycles. The van der Waals surface area contributed by atoms with Crippen LogP contribution in [-0.2, 0) is 19.1 Å². The molecule has 0 bridgehead atoms. The van der Waals surface area contributed by atoms with Crippen LogP contribution in [0.3, 0.4) is 0 Å². The molecule has 1 aliphatic heterocycles. The average Bonchev–Trinajstić information content (AvgIpc) is 2.13. The van der Waals surface area contributed by atoms with E-state index in [2.05, 4.69) is 0 Å². The van der Waals surface area contributed by atoms with Crippen LogP contribution in [0.4, 0.5) is 0 Å². The number of rotatable bonds is 2. The first kappa shape index (κ1) is 13.8. The SMILES string of the molecule is CC1(C)OC(=O)C(=C(O)/C=C(\O)CI)C(=O)O1. The molecule has 0 radical (unpaired) electrons. The quantitative estimate of drug-likeness (QED) is 0.195. The standard InChI is InChI=1S/C10H11IO6/c1-10(2)16-8(14)7(9(15)17-10)6(13)3-5(12)4-11/h3,12-13H,4H2,1-2H3/b5-3-. The van der Waals surface area contributed by atoms with E-state index in [4.69, 9.17) is 9.47 Å². The molecular formula is C10H11IO6. The van der Waals surface area contributed by atoms with Crippen LogP contribution < -0.4 is 0 Å². The number of halogens is 1. The zero-order chi connectivity index (χ0) is 13.2. The van der Waals surface area contributed by atoms with Gasteiger partial charge in [-0.2, -0.15) is 0 Å². The molecule has 0 unspecified atom stereocenters. The molecule has 0 aromatic heterocycles. The topological polar surface area (TPSA) is 93.1 Å². The minimum absolute atomic E-state index is 0.180. The number of hydrogen-bond donors (Lipinski definition) is 2. The highest BCUT2D eigenvalue weighted by atomic mass is 127. The molecule has 1 saturated heterocycles. The fraction of sp³-hybridized carbons (Fsp3) is 0.400. The van der Waals surface area contributed by atoms with Crippen molar-refractivity contribution in [1.29, 1.82) is 0 Å². The summed E-state index contributed by atoms with van der Waals surface area (Å²) in [4.78, 5) is 23.0. The molecule has 1 heterocycles. The summed E-state index contributed by atoms with van der Waals surface area (Å²) in [6.07, 6.45) is 0.905. The number of allylic oxidation sites excluding steroid dienone is 2. The van der Waals surface area contributed by atoms with Crippen molar-refractivity contribution in [3.05, 3.63) is 23.2 Å². The van der Waals surface area contributed by atoms with Gasteiger partial charge in [-0.05, 0) is 0 Å². The second-order valence-corrected chi connectivity index (χ2v) is 4.47. The number of aliphatic hydroxyl groups is 2. The number of alkyl halides is 1. The third kappa shape index (κ3) is 3.35. The van der Waals surface area contributed by atoms with Crippen molar-refractivity contribution in [2.75, 3.05) is 4.43 Å². The van der Waals surface area contributed by atoms with E-state index in [-0.39, 0.29) is 10.2 Å². The Labute approximate surface area is 111 Å². The molecule has 1 rings (SSSR count). The molecule has 6 nitrogen and oxygen atoms in total. The molecule has 94 valence electrons. The largest absolute Gasteiger partial charge is 0.511 e. The number of cyclic esters (lactones) is 2. The minimum Gasteiger partial charge on any atom is -0.511 e. The van der Waals surface area contributed by atoms with Gasteiger partial charge in [-0.1, -0.05) is 22.6 Å². The maximum absolute atomic E-state index is 11.5. The van der Waals surface area contributed by atoms with E-state index in [0.29, 0.717) is 0 Å². The predicted molar refractivity (Wildman–Crippen MR) is 65.5 cm³/mol. The van der Waals surface area contributed by atoms with Gasteiger partial charge in [0.1, 0.15) is 11.5 Å². The van der Waals surface area contributed by atoms with Crippen molar-refractivity contribution in [3.8, 4) is 0 Å². The Morgan fingerprint density at radius 3 is 2.18 bits per heavy atom. The zero-order valence-corrected chi connectivity index (χ0v) is 11.3. The molecule has 0 atom stereocenters. The number of esters is 2. The Kier molecular flexibility index (Phi) is 4.02. The molecule has 17 heavy (non-hydrogen) atoms. The van der Waals surface area contributed by atoms with E-state index in [1.165, 1.54) is 13.8 Å². The first-order valence-corrected chi connectivity index (χ1v) is 6.15. The van der Waals surface area contributed by atoms with E-state index in [9.17, 15) is 19.8 Å². The Balaban J connectivity index is 3.10. The summed E-state index contributed by atoms with van der Waals surface area (Å²) in [5.41, 5.74) is -0.624. The van der Waals surface area contributed by atoms with Gasteiger partial charge in [0, 0.05) is 19.9 Å². The van der Waals surface area contributed by atoms with Gasteiger partial charge in [-0.3, -0.25) is 0 Å². The van der Waals surface area contributed by atoms with E-state index < -0.39 is 29.1 Å². The van der Waals surface area contributed by atoms with Crippen LogP contribution in [0.5, 0.6) is 0 Å². The van der Waals surface area contributed by atoms with Crippen molar-refractivity contribution < 1.29 is 29.3 Å². The number of ether oxygens (including phenoxy) is 2. The van der Waals surface area contributed by atoms with E-state index in [0.717, 1.165) is 6.08 Å². The summed E-state index contributed by atoms with van der Waals surface area (Å²) in [6.45, 7) is 2.80. The van der Waals surface area contributed by atoms with E-state index in [1.807, 2.05) is 22.6 Å². The molecule has 0 aliphatic carbocycles. The van der Waals surface area contributed by atoms with Crippen molar-refractivity contribution >= 4 is 34.5 Å². The smallest absolute Gasteiger partial charge is 0.352 e. The van der Waals surface area contributed by atoms with Crippen molar-refractivity contribution in [2.24, 2.45) is 0 Å². The number of hydrogen-bond acceptors (Lipinski definition) is 6. The molecule has 2 N–H and O–H groups in total. The third-order valence-electron chi connectivity index (χ3n) is 1.78. The van der Waals surface area contributed by atoms with Gasteiger partial charge in [-0.15, -0.1) is 0 Å². The number of carbonyl (C=O) groups excluding carboxylic acids is 2. The van der Waals surface area contributed by atoms with Crippen molar-refractivity contribution in [3.63, 3.8) is 0 Å². The zero-order valence-electron chi connectivity index (χ0n) is 9.19. The minimum atomic E-state index is -1.35. The second-order valence-electron chi connectivity index (χ2n) is 3.71. The highest BCUT2D eigenvalue weighted by Crippen LogP contribution is 2.24. The molecule has 1 aliphatic rings. The lowest BCUT2D eigenvalue weighted by Crippen LogP contribution is -2.42. The van der Waals surface area contributed by atoms with E-state index in [1.54, 1.807) is 0 Å². The van der Waals surface area contributed by atoms with Gasteiger partial charge < -0.3 is 19.7 Å². The maximum Gasteiger partial charge on any atom is 0.352 e. The Morgan fingerprint density at radius 1 is 1.29 bits per heavy atom. The maximum atomic E-state index is 11.5. The summed E-state index contributed by atoms with van der Waals surface area (Å²) < 4.78 is 9.79. The molecule has 0 amide bonds. The van der Waals surface area contributed by atoms with Gasteiger partial charge in [0.05, 0.1) is 4.43 Å². The molecule has 0 aromatic rings. The van der Waals surface area contributed by atoms with Crippen molar-refractivity contribution in [1.82, 2.24) is 0 Å². The van der Waals surface area contributed by atoms with Crippen LogP contribution in [0.1, 0.15) is 13.8 Å². The van der Waals surface area contributed by atoms with Gasteiger partial charge in [0.15, 0.2) is 5.57 Å². The Hall–Kier alpha value is -1.25. The molecule has 0 spiro atoms. The van der Waals surface area contributed by atoms with Crippen LogP contribution in [0.2, 0.25) is 0 Å². The van der Waals surface area contributed by atoms with Gasteiger partial charge in [0.2, 0.25) is 0 Å². The Bertz CT molecular complexity index is 399. The lowest BCUT2D eigenvalue weighted by molar-refractivity contribution is -0.222. The van der Waals surface area contributed by atoms with Crippen LogP contribution in [0.15, 0.2) is 23.2 Å². The highest BCUT2D eigenvalue weighted by molar-refractivity contribution is 14.1. The third-order valence-corrected chi connectivity index (χ3v) is 2.56. The van der Waals surface area contributed by atoms with Crippen LogP contribution in [0, 0.1) is 0 Å². The fourth-order valence-corrected chi connectivity index (χ4v) is 1.35. The lowest BCUT2D eigenvalue weighted by Gasteiger charge is -2.29. The predicted octanol–water partition coefficient (Wildman–Crippen LogP) is 1.51. The summed E-state index contributed by atoms with van der Waals surface area (Å²) in [7, 11) is 0. The first-order chi connectivity index (χ1) is 7.76. The van der Waals surface area contributed by atoms with Crippen LogP contribution >= 0.6 is 22.6 Å². The summed E-state index contributed by atoms with van der Waals surface area (Å²) >= 11 is 1.85. The molecule has 1 fully saturated rings. The fourth-order valence-electron chi connectivity index (χ4n) is 1.13. The first-order valence-electron chi connectivity index (χ1n) is 4.62. The summed E-state index contributed by atoms with van der Waals surface area (Å²) in [6, 6.07) is 0. The summed E-state index contributed by atoms with van der Waals surface area (Å²) in [5.74, 6) is -4.18. The second kappa shape index (κ2) is 4.94. The van der Waals surface area contributed by atoms with Gasteiger partial charge >= 0.3 is 11.9 Å². The molecular weight excluding hydrogens is 343 g/mol. The van der Waals surface area contributed by atoms with Gasteiger partial charge in [0.25, 0.3) is 5.79 Å². The van der Waals surface area contributed by atoms with Crippen LogP contribution in [-0.4, -0.2) is 32.4 Å². The van der Waals surface area contributed by atoms with Crippen LogP contribution in [0.25, 0.3) is 0 Å². The molecule has 0 saturated carbocycles. The van der Waals surface area contributed by atoms with Crippen molar-refractivity contribution in [2.45, 2.75) is 19.6 Å². The number of aliphatic hydroxyl groups excluding tert-OH is 2. The van der Waals surface area contributed by atoms with Gasteiger partial charge in [-0.25, -0.2) is 9.59 Å². The monoisotopic (exact) mass is 354 g/mol.